The van der Waals surface area contributed by atoms with E-state index in [0.717, 1.165) is 10.9 Å². The van der Waals surface area contributed by atoms with Gasteiger partial charge in [0.25, 0.3) is 5.91 Å². The molecule has 1 aromatic carbocycles. The first-order valence-corrected chi connectivity index (χ1v) is 9.00. The number of aromatic nitrogens is 1. The molecule has 1 aliphatic rings. The van der Waals surface area contributed by atoms with E-state index in [1.165, 1.54) is 0 Å². The van der Waals surface area contributed by atoms with Gasteiger partial charge in [-0.2, -0.15) is 0 Å². The molecule has 0 aliphatic carbocycles. The highest BCUT2D eigenvalue weighted by Crippen LogP contribution is 2.18. The number of amides is 2. The van der Waals surface area contributed by atoms with Crippen LogP contribution in [0.15, 0.2) is 36.5 Å². The van der Waals surface area contributed by atoms with Gasteiger partial charge in [0.05, 0.1) is 17.6 Å². The number of nitrogens with one attached hydrogen (secondary N) is 1. The largest absolute Gasteiger partial charge is 0.350 e. The zero-order valence-electron chi connectivity index (χ0n) is 15.7. The van der Waals surface area contributed by atoms with Crippen molar-refractivity contribution in [1.29, 1.82) is 0 Å². The van der Waals surface area contributed by atoms with E-state index in [9.17, 15) is 9.59 Å². The molecule has 3 rings (SSSR count). The summed E-state index contributed by atoms with van der Waals surface area (Å²) in [7, 11) is 0. The van der Waals surface area contributed by atoms with Crippen LogP contribution in [0, 0.1) is 0 Å². The highest BCUT2D eigenvalue weighted by molar-refractivity contribution is 6.05. The number of para-hydroxylation sites is 1. The number of carbonyl (C=O) groups is 2. The van der Waals surface area contributed by atoms with Crippen molar-refractivity contribution < 1.29 is 9.59 Å². The molecule has 138 valence electrons. The Kier molecular flexibility index (Phi) is 5.23. The molecule has 1 aromatic heterocycles. The highest BCUT2D eigenvalue weighted by Gasteiger charge is 2.25. The second-order valence-electron chi connectivity index (χ2n) is 7.75. The molecule has 1 saturated heterocycles. The van der Waals surface area contributed by atoms with E-state index >= 15 is 0 Å². The molecule has 0 bridgehead atoms. The summed E-state index contributed by atoms with van der Waals surface area (Å²) < 4.78 is 0. The molecule has 0 unspecified atom stereocenters. The van der Waals surface area contributed by atoms with Crippen LogP contribution in [0.25, 0.3) is 10.9 Å². The summed E-state index contributed by atoms with van der Waals surface area (Å²) in [6, 6.07) is 9.53. The van der Waals surface area contributed by atoms with Gasteiger partial charge in [-0.1, -0.05) is 18.2 Å². The van der Waals surface area contributed by atoms with Gasteiger partial charge < -0.3 is 10.2 Å². The maximum Gasteiger partial charge on any atom is 0.256 e. The number of pyridine rings is 1. The fraction of sp³-hybridized carbons (Fsp3) is 0.450. The lowest BCUT2D eigenvalue weighted by Crippen LogP contribution is -2.52. The SMILES string of the molecule is CC(C)(C)NC(=O)CN1CCN(C(=O)c2cccc3cccnc23)CC1. The molecule has 6 nitrogen and oxygen atoms in total. The van der Waals surface area contributed by atoms with Crippen LogP contribution < -0.4 is 5.32 Å². The fourth-order valence-electron chi connectivity index (χ4n) is 3.22. The normalized spacial score (nSPS) is 15.9. The average Bonchev–Trinajstić information content (AvgIpc) is 2.59. The molecule has 1 fully saturated rings. The summed E-state index contributed by atoms with van der Waals surface area (Å²) in [5.41, 5.74) is 1.16. The number of piperazine rings is 1. The van der Waals surface area contributed by atoms with Crippen LogP contribution in [-0.2, 0) is 4.79 Å². The van der Waals surface area contributed by atoms with E-state index < -0.39 is 0 Å². The van der Waals surface area contributed by atoms with E-state index in [-0.39, 0.29) is 17.4 Å². The highest BCUT2D eigenvalue weighted by atomic mass is 16.2. The van der Waals surface area contributed by atoms with Crippen molar-refractivity contribution in [2.45, 2.75) is 26.3 Å². The number of hydrogen-bond donors (Lipinski definition) is 1. The van der Waals surface area contributed by atoms with E-state index in [1.807, 2.05) is 56.0 Å². The van der Waals surface area contributed by atoms with Crippen molar-refractivity contribution in [1.82, 2.24) is 20.1 Å². The number of benzene rings is 1. The minimum Gasteiger partial charge on any atom is -0.350 e. The van der Waals surface area contributed by atoms with Crippen molar-refractivity contribution in [2.24, 2.45) is 0 Å². The first kappa shape index (κ1) is 18.3. The third-order valence-electron chi connectivity index (χ3n) is 4.40. The van der Waals surface area contributed by atoms with Crippen LogP contribution in [-0.4, -0.2) is 64.9 Å². The molecule has 2 heterocycles. The van der Waals surface area contributed by atoms with Gasteiger partial charge in [0.15, 0.2) is 0 Å². The molecule has 6 heteroatoms. The first-order valence-electron chi connectivity index (χ1n) is 9.00. The number of fused-ring (bicyclic) bond motifs is 1. The predicted octanol–water partition coefficient (Wildman–Crippen LogP) is 1.91. The molecular weight excluding hydrogens is 328 g/mol. The molecule has 1 aliphatic heterocycles. The van der Waals surface area contributed by atoms with Crippen molar-refractivity contribution >= 4 is 22.7 Å². The van der Waals surface area contributed by atoms with E-state index in [4.69, 9.17) is 0 Å². The number of nitrogens with zero attached hydrogens (tertiary/aromatic N) is 3. The molecule has 2 aromatic rings. The van der Waals surface area contributed by atoms with Crippen LogP contribution >= 0.6 is 0 Å². The van der Waals surface area contributed by atoms with Gasteiger partial charge in [-0.05, 0) is 32.9 Å². The summed E-state index contributed by atoms with van der Waals surface area (Å²) in [6.45, 7) is 8.91. The topological polar surface area (TPSA) is 65.5 Å². The van der Waals surface area contributed by atoms with Crippen molar-refractivity contribution in [2.75, 3.05) is 32.7 Å². The van der Waals surface area contributed by atoms with Crippen molar-refractivity contribution in [3.8, 4) is 0 Å². The molecule has 26 heavy (non-hydrogen) atoms. The Morgan fingerprint density at radius 2 is 1.77 bits per heavy atom. The summed E-state index contributed by atoms with van der Waals surface area (Å²) in [4.78, 5) is 33.3. The number of hydrogen-bond acceptors (Lipinski definition) is 4. The van der Waals surface area contributed by atoms with E-state index in [1.54, 1.807) is 6.20 Å². The van der Waals surface area contributed by atoms with E-state index in [0.29, 0.717) is 38.3 Å². The quantitative estimate of drug-likeness (QED) is 0.914. The Balaban J connectivity index is 1.61. The van der Waals surface area contributed by atoms with Crippen LogP contribution in [0.3, 0.4) is 0 Å². The van der Waals surface area contributed by atoms with Gasteiger partial charge in [0.1, 0.15) is 0 Å². The number of carbonyl (C=O) groups excluding carboxylic acids is 2. The van der Waals surface area contributed by atoms with Gasteiger partial charge in [-0.3, -0.25) is 19.5 Å². The smallest absolute Gasteiger partial charge is 0.256 e. The number of rotatable bonds is 3. The first-order chi connectivity index (χ1) is 12.3. The second-order valence-corrected chi connectivity index (χ2v) is 7.75. The summed E-state index contributed by atoms with van der Waals surface area (Å²) in [5.74, 6) is 0.0311. The lowest BCUT2D eigenvalue weighted by molar-refractivity contribution is -0.124. The van der Waals surface area contributed by atoms with Crippen LogP contribution in [0.1, 0.15) is 31.1 Å². The van der Waals surface area contributed by atoms with Crippen molar-refractivity contribution in [3.05, 3.63) is 42.1 Å². The predicted molar refractivity (Wildman–Crippen MR) is 102 cm³/mol. The Morgan fingerprint density at radius 1 is 1.08 bits per heavy atom. The average molecular weight is 354 g/mol. The lowest BCUT2D eigenvalue weighted by atomic mass is 10.1. The molecule has 1 N–H and O–H groups in total. The standard InChI is InChI=1S/C20H26N4O2/c1-20(2,3)22-17(25)14-23-10-12-24(13-11-23)19(26)16-8-4-6-15-7-5-9-21-18(15)16/h4-9H,10-14H2,1-3H3,(H,22,25). The third kappa shape index (κ3) is 4.38. The maximum atomic E-state index is 12.9. The van der Waals surface area contributed by atoms with E-state index in [2.05, 4.69) is 15.2 Å². The Bertz CT molecular complexity index is 800. The summed E-state index contributed by atoms with van der Waals surface area (Å²) in [5, 5.41) is 3.95. The van der Waals surface area contributed by atoms with Gasteiger partial charge in [0.2, 0.25) is 5.91 Å². The van der Waals surface area contributed by atoms with Gasteiger partial charge in [-0.25, -0.2) is 0 Å². The Hall–Kier alpha value is -2.47. The van der Waals surface area contributed by atoms with Crippen LogP contribution in [0.5, 0.6) is 0 Å². The fourth-order valence-corrected chi connectivity index (χ4v) is 3.22. The molecule has 0 spiro atoms. The zero-order valence-corrected chi connectivity index (χ0v) is 15.7. The summed E-state index contributed by atoms with van der Waals surface area (Å²) >= 11 is 0. The summed E-state index contributed by atoms with van der Waals surface area (Å²) in [6.07, 6.45) is 1.71. The van der Waals surface area contributed by atoms with Crippen LogP contribution in [0.2, 0.25) is 0 Å². The molecular formula is C20H26N4O2. The zero-order chi connectivity index (χ0) is 18.7. The Labute approximate surface area is 154 Å². The molecule has 0 atom stereocenters. The minimum atomic E-state index is -0.226. The van der Waals surface area contributed by atoms with Gasteiger partial charge in [0, 0.05) is 43.3 Å². The van der Waals surface area contributed by atoms with Gasteiger partial charge in [-0.15, -0.1) is 0 Å². The molecule has 0 radical (unpaired) electrons. The maximum absolute atomic E-state index is 12.9. The lowest BCUT2D eigenvalue weighted by Gasteiger charge is -2.35. The van der Waals surface area contributed by atoms with Crippen molar-refractivity contribution in [3.63, 3.8) is 0 Å². The molecule has 0 saturated carbocycles. The Morgan fingerprint density at radius 3 is 2.46 bits per heavy atom. The second kappa shape index (κ2) is 7.41. The molecule has 2 amide bonds. The van der Waals surface area contributed by atoms with Crippen LogP contribution in [0.4, 0.5) is 0 Å². The monoisotopic (exact) mass is 354 g/mol. The minimum absolute atomic E-state index is 0.00749. The third-order valence-corrected chi connectivity index (χ3v) is 4.40. The van der Waals surface area contributed by atoms with Gasteiger partial charge >= 0.3 is 0 Å².